The van der Waals surface area contributed by atoms with E-state index in [0.29, 0.717) is 30.7 Å². The lowest BCUT2D eigenvalue weighted by Crippen LogP contribution is -2.32. The average Bonchev–Trinajstić information content (AvgIpc) is 3.22. The highest BCUT2D eigenvalue weighted by Crippen LogP contribution is 2.33. The van der Waals surface area contributed by atoms with Crippen molar-refractivity contribution in [2.75, 3.05) is 18.0 Å². The highest BCUT2D eigenvalue weighted by Gasteiger charge is 2.34. The van der Waals surface area contributed by atoms with Crippen LogP contribution >= 0.6 is 11.3 Å². The molecular weight excluding hydrogens is 376 g/mol. The van der Waals surface area contributed by atoms with Crippen molar-refractivity contribution >= 4 is 21.5 Å². The number of halogens is 4. The second-order valence-electron chi connectivity index (χ2n) is 5.85. The number of benzene rings is 1. The van der Waals surface area contributed by atoms with E-state index < -0.39 is 22.5 Å². The summed E-state index contributed by atoms with van der Waals surface area (Å²) in [5.41, 5.74) is -1.02. The highest BCUT2D eigenvalue weighted by molar-refractivity contribution is 7.18. The maximum atomic E-state index is 13.1. The van der Waals surface area contributed by atoms with E-state index in [9.17, 15) is 27.7 Å². The first-order valence-electron chi connectivity index (χ1n) is 7.68. The number of aromatic nitrogens is 1. The number of hydrogen-bond donors (Lipinski definition) is 1. The molecule has 0 radical (unpaired) electrons. The molecule has 2 aromatic rings. The van der Waals surface area contributed by atoms with Crippen LogP contribution in [0.1, 0.15) is 17.5 Å². The number of hydrogen-bond acceptors (Lipinski definition) is 6. The zero-order chi connectivity index (χ0) is 18.9. The zero-order valence-corrected chi connectivity index (χ0v) is 14.1. The van der Waals surface area contributed by atoms with Crippen LogP contribution in [0.3, 0.4) is 0 Å². The predicted octanol–water partition coefficient (Wildman–Crippen LogP) is 3.58. The van der Waals surface area contributed by atoms with Crippen LogP contribution in [0.4, 0.5) is 27.7 Å². The van der Waals surface area contributed by atoms with Crippen LogP contribution in [0.15, 0.2) is 24.4 Å². The fourth-order valence-electron chi connectivity index (χ4n) is 2.81. The molecule has 1 fully saturated rings. The fourth-order valence-corrected chi connectivity index (χ4v) is 3.58. The maximum absolute atomic E-state index is 13.1. The Kier molecular flexibility index (Phi) is 5.10. The van der Waals surface area contributed by atoms with Gasteiger partial charge < -0.3 is 10.2 Å². The van der Waals surface area contributed by atoms with Crippen LogP contribution in [0.2, 0.25) is 0 Å². The third-order valence-electron chi connectivity index (χ3n) is 4.08. The van der Waals surface area contributed by atoms with Crippen LogP contribution in [0.25, 0.3) is 0 Å². The molecule has 1 aromatic heterocycles. The molecule has 3 rings (SSSR count). The van der Waals surface area contributed by atoms with Crippen molar-refractivity contribution in [3.05, 3.63) is 51.5 Å². The Labute approximate surface area is 149 Å². The molecule has 1 aliphatic rings. The third-order valence-corrected chi connectivity index (χ3v) is 5.09. The Bertz CT molecular complexity index is 811. The number of nitrogens with zero attached hydrogens (tertiary/aromatic N) is 3. The smallest absolute Gasteiger partial charge is 0.346 e. The van der Waals surface area contributed by atoms with Gasteiger partial charge in [0.25, 0.3) is 0 Å². The first kappa shape index (κ1) is 18.5. The molecule has 6 nitrogen and oxygen atoms in total. The molecule has 1 aliphatic heterocycles. The Balaban J connectivity index is 1.62. The summed E-state index contributed by atoms with van der Waals surface area (Å²) in [5, 5.41) is 14.2. The first-order chi connectivity index (χ1) is 12.2. The zero-order valence-electron chi connectivity index (χ0n) is 13.3. The number of alkyl halides is 3. The Hall–Kier alpha value is -2.27. The molecule has 1 atom stereocenters. The maximum Gasteiger partial charge on any atom is 0.416 e. The Morgan fingerprint density at radius 2 is 2.19 bits per heavy atom. The van der Waals surface area contributed by atoms with E-state index >= 15 is 0 Å². The van der Waals surface area contributed by atoms with E-state index in [1.165, 1.54) is 6.20 Å². The number of nitro groups is 1. The molecule has 26 heavy (non-hydrogen) atoms. The molecule has 2 heterocycles. The number of anilines is 1. The lowest BCUT2D eigenvalue weighted by Gasteiger charge is -2.17. The van der Waals surface area contributed by atoms with Gasteiger partial charge in [-0.3, -0.25) is 10.1 Å². The summed E-state index contributed by atoms with van der Waals surface area (Å²) in [4.78, 5) is 16.1. The molecule has 1 aromatic carbocycles. The van der Waals surface area contributed by atoms with E-state index in [1.54, 1.807) is 0 Å². The molecular formula is C15H14F4N4O2S. The van der Waals surface area contributed by atoms with E-state index in [-0.39, 0.29) is 23.2 Å². The lowest BCUT2D eigenvalue weighted by molar-refractivity contribution is -0.380. The van der Waals surface area contributed by atoms with Crippen LogP contribution in [-0.4, -0.2) is 29.0 Å². The van der Waals surface area contributed by atoms with Crippen molar-refractivity contribution in [1.82, 2.24) is 10.3 Å². The van der Waals surface area contributed by atoms with Gasteiger partial charge in [0.05, 0.1) is 10.5 Å². The van der Waals surface area contributed by atoms with Crippen molar-refractivity contribution in [2.45, 2.75) is 25.2 Å². The van der Waals surface area contributed by atoms with Crippen LogP contribution in [-0.2, 0) is 12.7 Å². The molecule has 11 heteroatoms. The second-order valence-corrected chi connectivity index (χ2v) is 6.84. The standard InChI is InChI=1S/C15H14F4N4O2S/c16-10-2-1-9(12(5-10)15(17,18)19)6-20-11-3-4-22(8-11)14-21-7-13(26-14)23(24)25/h1-2,5,7,11,20H,3-4,6,8H2. The van der Waals surface area contributed by atoms with Crippen LogP contribution < -0.4 is 10.2 Å². The minimum Gasteiger partial charge on any atom is -0.346 e. The van der Waals surface area contributed by atoms with E-state index in [2.05, 4.69) is 10.3 Å². The monoisotopic (exact) mass is 390 g/mol. The summed E-state index contributed by atoms with van der Waals surface area (Å²) >= 11 is 0.960. The van der Waals surface area contributed by atoms with Crippen molar-refractivity contribution < 1.29 is 22.5 Å². The van der Waals surface area contributed by atoms with Gasteiger partial charge in [-0.15, -0.1) is 0 Å². The van der Waals surface area contributed by atoms with Crippen molar-refractivity contribution in [3.8, 4) is 0 Å². The molecule has 1 saturated heterocycles. The van der Waals surface area contributed by atoms with Crippen LogP contribution in [0, 0.1) is 15.9 Å². The van der Waals surface area contributed by atoms with Crippen molar-refractivity contribution in [1.29, 1.82) is 0 Å². The van der Waals surface area contributed by atoms with Crippen LogP contribution in [0.5, 0.6) is 0 Å². The van der Waals surface area contributed by atoms with Gasteiger partial charge in [-0.25, -0.2) is 9.37 Å². The highest BCUT2D eigenvalue weighted by atomic mass is 32.1. The molecule has 0 spiro atoms. The van der Waals surface area contributed by atoms with E-state index in [1.807, 2.05) is 4.90 Å². The Morgan fingerprint density at radius 1 is 1.42 bits per heavy atom. The van der Waals surface area contributed by atoms with Gasteiger partial charge >= 0.3 is 11.2 Å². The van der Waals surface area contributed by atoms with Gasteiger partial charge in [-0.1, -0.05) is 6.07 Å². The molecule has 0 bridgehead atoms. The first-order valence-corrected chi connectivity index (χ1v) is 8.50. The number of rotatable bonds is 5. The average molecular weight is 390 g/mol. The van der Waals surface area contributed by atoms with Gasteiger partial charge in [0.1, 0.15) is 12.0 Å². The van der Waals surface area contributed by atoms with Crippen molar-refractivity contribution in [2.24, 2.45) is 0 Å². The quantitative estimate of drug-likeness (QED) is 0.480. The van der Waals surface area contributed by atoms with Gasteiger partial charge in [0, 0.05) is 25.7 Å². The predicted molar refractivity (Wildman–Crippen MR) is 87.6 cm³/mol. The number of nitrogens with one attached hydrogen (secondary N) is 1. The normalized spacial score (nSPS) is 17.7. The summed E-state index contributed by atoms with van der Waals surface area (Å²) < 4.78 is 52.2. The van der Waals surface area contributed by atoms with Gasteiger partial charge in [0.2, 0.25) is 0 Å². The minimum absolute atomic E-state index is 0.0257. The van der Waals surface area contributed by atoms with Gasteiger partial charge in [-0.05, 0) is 35.5 Å². The van der Waals surface area contributed by atoms with E-state index in [4.69, 9.17) is 0 Å². The molecule has 1 N–H and O–H groups in total. The lowest BCUT2D eigenvalue weighted by atomic mass is 10.1. The topological polar surface area (TPSA) is 71.3 Å². The summed E-state index contributed by atoms with van der Waals surface area (Å²) in [6, 6.07) is 2.53. The SMILES string of the molecule is O=[N+]([O-])c1cnc(N2CCC(NCc3ccc(F)cc3C(F)(F)F)C2)s1. The minimum atomic E-state index is -4.62. The summed E-state index contributed by atoms with van der Waals surface area (Å²) in [7, 11) is 0. The molecule has 140 valence electrons. The summed E-state index contributed by atoms with van der Waals surface area (Å²) in [6.45, 7) is 1.02. The Morgan fingerprint density at radius 3 is 2.85 bits per heavy atom. The molecule has 0 aliphatic carbocycles. The van der Waals surface area contributed by atoms with E-state index in [0.717, 1.165) is 23.5 Å². The molecule has 0 saturated carbocycles. The summed E-state index contributed by atoms with van der Waals surface area (Å²) in [5.74, 6) is -0.932. The largest absolute Gasteiger partial charge is 0.416 e. The summed E-state index contributed by atoms with van der Waals surface area (Å²) in [6.07, 6.45) is -2.77. The second kappa shape index (κ2) is 7.16. The third kappa shape index (κ3) is 4.10. The van der Waals surface area contributed by atoms with Gasteiger partial charge in [-0.2, -0.15) is 13.2 Å². The fraction of sp³-hybridized carbons (Fsp3) is 0.400. The molecule has 1 unspecified atom stereocenters. The van der Waals surface area contributed by atoms with Gasteiger partial charge in [0.15, 0.2) is 5.13 Å². The molecule has 0 amide bonds. The van der Waals surface area contributed by atoms with Crippen molar-refractivity contribution in [3.63, 3.8) is 0 Å². The number of thiazole rings is 1.